The first-order chi connectivity index (χ1) is 26.8. The van der Waals surface area contributed by atoms with E-state index < -0.39 is 23.6 Å². The van der Waals surface area contributed by atoms with Crippen molar-refractivity contribution in [3.05, 3.63) is 122 Å². The van der Waals surface area contributed by atoms with Crippen molar-refractivity contribution in [2.75, 3.05) is 4.90 Å². The van der Waals surface area contributed by atoms with Crippen molar-refractivity contribution in [3.63, 3.8) is 0 Å². The number of rotatable bonds is 11. The molecular weight excluding hydrogens is 727 g/mol. The number of aromatic nitrogens is 2. The molecular formula is C44H41N5O4S2. The molecule has 5 aromatic rings. The van der Waals surface area contributed by atoms with E-state index in [2.05, 4.69) is 66.4 Å². The number of benzene rings is 3. The molecule has 0 amide bonds. The third kappa shape index (κ3) is 6.66. The number of anilines is 2. The monoisotopic (exact) mass is 767 g/mol. The number of fused-ring (bicyclic) bond motifs is 6. The van der Waals surface area contributed by atoms with Crippen LogP contribution in [0.1, 0.15) is 92.9 Å². The minimum atomic E-state index is -1.21. The Kier molecular flexibility index (Phi) is 10.2. The van der Waals surface area contributed by atoms with Gasteiger partial charge in [0.2, 0.25) is 0 Å². The summed E-state index contributed by atoms with van der Waals surface area (Å²) in [5, 5.41) is 29.3. The Balaban J connectivity index is 1.21. The lowest BCUT2D eigenvalue weighted by Crippen LogP contribution is -2.30. The smallest absolute Gasteiger partial charge is 0.323 e. The molecule has 278 valence electrons. The van der Waals surface area contributed by atoms with E-state index in [1.54, 1.807) is 6.08 Å². The average molecular weight is 768 g/mol. The van der Waals surface area contributed by atoms with E-state index in [1.165, 1.54) is 43.8 Å². The Hall–Kier alpha value is -5.49. The average Bonchev–Trinajstić information content (AvgIpc) is 3.99. The van der Waals surface area contributed by atoms with Gasteiger partial charge in [-0.2, -0.15) is 10.5 Å². The molecule has 0 radical (unpaired) electrons. The summed E-state index contributed by atoms with van der Waals surface area (Å²) >= 11 is 2.05. The van der Waals surface area contributed by atoms with Crippen LogP contribution in [0.25, 0.3) is 22.8 Å². The van der Waals surface area contributed by atoms with Crippen LogP contribution in [0.4, 0.5) is 11.4 Å². The van der Waals surface area contributed by atoms with Gasteiger partial charge in [0.05, 0.1) is 4.53 Å². The molecule has 55 heavy (non-hydrogen) atoms. The Morgan fingerprint density at radius 1 is 0.891 bits per heavy atom. The summed E-state index contributed by atoms with van der Waals surface area (Å²) in [4.78, 5) is 42.5. The Morgan fingerprint density at radius 2 is 1.67 bits per heavy atom. The molecule has 3 aromatic carbocycles. The fourth-order valence-corrected chi connectivity index (χ4v) is 11.2. The van der Waals surface area contributed by atoms with Gasteiger partial charge in [-0.1, -0.05) is 81.8 Å². The SMILES string of the molecule is CCCCCCCCn1c(=C(C#N)C#N)s/c(=c2\s/c(=C/c3ccc4c(c3)C3CCCC3N4c3ccc4c(c3)Cc3ccccc3-4)c(=O)n2CC(=O)O)c1=O. The molecule has 0 spiro atoms. The molecule has 2 unspecified atom stereocenters. The van der Waals surface area contributed by atoms with Crippen molar-refractivity contribution in [2.45, 2.75) is 96.2 Å². The van der Waals surface area contributed by atoms with E-state index in [0.717, 1.165) is 90.6 Å². The molecule has 9 nitrogen and oxygen atoms in total. The summed E-state index contributed by atoms with van der Waals surface area (Å²) in [5.41, 5.74) is 8.68. The standard InChI is InChI=1S/C44H41N5O4S2/c1-2-3-4-5-6-9-19-47-42(53)40(55-43(47)30(24-45)25-46)44-48(26-39(50)51)41(52)38(54-44)21-27-15-18-37-35(20-27)34-13-10-14-36(34)49(37)31-16-17-33-29(23-31)22-28-11-7-8-12-32(28)33/h7-8,11-12,15-18,20-21,23,34,36H,2-6,9-10,13-14,19,22,26H2,1H3,(H,50,51)/b38-21+,44-40-. The van der Waals surface area contributed by atoms with Crippen LogP contribution < -0.4 is 25.2 Å². The van der Waals surface area contributed by atoms with Crippen LogP contribution in [-0.4, -0.2) is 26.3 Å². The van der Waals surface area contributed by atoms with Gasteiger partial charge in [0.1, 0.15) is 32.5 Å². The van der Waals surface area contributed by atoms with Crippen molar-refractivity contribution in [1.82, 2.24) is 9.13 Å². The van der Waals surface area contributed by atoms with E-state index in [9.17, 15) is 30.0 Å². The molecule has 8 rings (SSSR count). The van der Waals surface area contributed by atoms with Gasteiger partial charge in [-0.25, -0.2) is 0 Å². The highest BCUT2D eigenvalue weighted by atomic mass is 32.1. The second-order valence-electron chi connectivity index (χ2n) is 14.7. The quantitative estimate of drug-likeness (QED) is 0.137. The number of hydrogen-bond acceptors (Lipinski definition) is 8. The molecule has 1 aliphatic heterocycles. The van der Waals surface area contributed by atoms with Crippen molar-refractivity contribution in [2.24, 2.45) is 0 Å². The van der Waals surface area contributed by atoms with Crippen molar-refractivity contribution in [1.29, 1.82) is 10.5 Å². The van der Waals surface area contributed by atoms with Gasteiger partial charge in [-0.3, -0.25) is 23.5 Å². The Morgan fingerprint density at radius 3 is 2.47 bits per heavy atom. The summed E-state index contributed by atoms with van der Waals surface area (Å²) < 4.78 is 3.50. The van der Waals surface area contributed by atoms with Gasteiger partial charge in [0.15, 0.2) is 5.57 Å². The topological polar surface area (TPSA) is 132 Å². The molecule has 1 N–H and O–H groups in total. The minimum Gasteiger partial charge on any atom is -0.480 e. The molecule has 2 atom stereocenters. The van der Waals surface area contributed by atoms with Gasteiger partial charge in [-0.05, 0) is 89.4 Å². The van der Waals surface area contributed by atoms with Gasteiger partial charge < -0.3 is 10.0 Å². The lowest BCUT2D eigenvalue weighted by Gasteiger charge is -2.27. The maximum atomic E-state index is 14.0. The zero-order valence-corrected chi connectivity index (χ0v) is 32.3. The van der Waals surface area contributed by atoms with Crippen LogP contribution in [0, 0.1) is 31.9 Å². The number of thiazole rings is 2. The summed E-state index contributed by atoms with van der Waals surface area (Å²) in [6.07, 6.45) is 12.0. The van der Waals surface area contributed by atoms with Gasteiger partial charge in [0, 0.05) is 29.9 Å². The van der Waals surface area contributed by atoms with Crippen molar-refractivity contribution >= 4 is 51.7 Å². The van der Waals surface area contributed by atoms with Crippen LogP contribution in [0.3, 0.4) is 0 Å². The second-order valence-corrected chi connectivity index (χ2v) is 16.8. The molecule has 3 heterocycles. The lowest BCUT2D eigenvalue weighted by atomic mass is 9.96. The third-order valence-electron chi connectivity index (χ3n) is 11.3. The minimum absolute atomic E-state index is 0.155. The Bertz CT molecular complexity index is 2760. The lowest BCUT2D eigenvalue weighted by molar-refractivity contribution is -0.137. The molecule has 3 aliphatic rings. The van der Waals surface area contributed by atoms with E-state index in [4.69, 9.17) is 0 Å². The normalized spacial score (nSPS) is 17.4. The molecule has 2 aliphatic carbocycles. The van der Waals surface area contributed by atoms with E-state index in [0.29, 0.717) is 29.5 Å². The van der Waals surface area contributed by atoms with E-state index >= 15 is 0 Å². The van der Waals surface area contributed by atoms with Crippen LogP contribution >= 0.6 is 22.7 Å². The van der Waals surface area contributed by atoms with Crippen molar-refractivity contribution in [3.8, 4) is 23.3 Å². The molecule has 1 saturated carbocycles. The van der Waals surface area contributed by atoms with Crippen LogP contribution in [0.5, 0.6) is 0 Å². The van der Waals surface area contributed by atoms with Gasteiger partial charge in [-0.15, -0.1) is 22.7 Å². The largest absolute Gasteiger partial charge is 0.480 e. The number of carboxylic acid groups (broad SMARTS) is 1. The predicted octanol–water partition coefficient (Wildman–Crippen LogP) is 7.25. The molecule has 1 fully saturated rings. The zero-order valence-electron chi connectivity index (χ0n) is 30.7. The first kappa shape index (κ1) is 36.5. The summed E-state index contributed by atoms with van der Waals surface area (Å²) in [7, 11) is 0. The molecule has 11 heteroatoms. The van der Waals surface area contributed by atoms with Crippen LogP contribution in [0.2, 0.25) is 0 Å². The maximum Gasteiger partial charge on any atom is 0.323 e. The van der Waals surface area contributed by atoms with E-state index in [-0.39, 0.29) is 19.4 Å². The molecule has 0 bridgehead atoms. The summed E-state index contributed by atoms with van der Waals surface area (Å²) in [6, 6.07) is 26.0. The highest BCUT2D eigenvalue weighted by Crippen LogP contribution is 2.53. The van der Waals surface area contributed by atoms with Gasteiger partial charge in [0.25, 0.3) is 11.1 Å². The number of unbranched alkanes of at least 4 members (excludes halogenated alkanes) is 5. The number of aliphatic carboxylic acids is 1. The van der Waals surface area contributed by atoms with E-state index in [1.807, 2.05) is 18.2 Å². The first-order valence-corrected chi connectivity index (χ1v) is 20.8. The fourth-order valence-electron chi connectivity index (χ4n) is 8.81. The number of nitrogens with zero attached hydrogens (tertiary/aromatic N) is 5. The second kappa shape index (κ2) is 15.3. The molecule has 0 saturated heterocycles. The van der Waals surface area contributed by atoms with Crippen LogP contribution in [0.15, 0.2) is 70.3 Å². The van der Waals surface area contributed by atoms with Crippen molar-refractivity contribution < 1.29 is 9.90 Å². The number of carbonyl (C=O) groups is 1. The number of carboxylic acids is 1. The summed E-state index contributed by atoms with van der Waals surface area (Å²) in [5.74, 6) is -0.852. The fraction of sp³-hybridized carbons (Fsp3) is 0.341. The highest BCUT2D eigenvalue weighted by Gasteiger charge is 2.42. The number of hydrogen-bond donors (Lipinski definition) is 1. The summed E-state index contributed by atoms with van der Waals surface area (Å²) in [6.45, 7) is 1.85. The zero-order chi connectivity index (χ0) is 38.2. The third-order valence-corrected chi connectivity index (χ3v) is 13.8. The number of nitriles is 2. The predicted molar refractivity (Wildman–Crippen MR) is 217 cm³/mol. The van der Waals surface area contributed by atoms with Crippen LogP contribution in [-0.2, 0) is 24.3 Å². The Labute approximate surface area is 326 Å². The first-order valence-electron chi connectivity index (χ1n) is 19.2. The maximum absolute atomic E-state index is 14.0. The highest BCUT2D eigenvalue weighted by molar-refractivity contribution is 7.11. The molecule has 2 aromatic heterocycles. The van der Waals surface area contributed by atoms with Gasteiger partial charge >= 0.3 is 5.97 Å².